The Hall–Kier alpha value is -3.26. The van der Waals surface area contributed by atoms with Crippen LogP contribution < -0.4 is 28.7 Å². The molecular weight excluding hydrogens is 458 g/mol. The van der Waals surface area contributed by atoms with Crippen LogP contribution in [0.2, 0.25) is 0 Å². The Kier molecular flexibility index (Phi) is 9.09. The third-order valence-electron chi connectivity index (χ3n) is 4.08. The fourth-order valence-corrected chi connectivity index (χ4v) is 3.58. The summed E-state index contributed by atoms with van der Waals surface area (Å²) in [4.78, 5) is -0.359. The summed E-state index contributed by atoms with van der Waals surface area (Å²) < 4.78 is 59.5. The van der Waals surface area contributed by atoms with E-state index in [1.54, 1.807) is 12.1 Å². The first-order valence-corrected chi connectivity index (χ1v) is 11.9. The highest BCUT2D eigenvalue weighted by atomic mass is 32.2. The molecule has 1 aliphatic rings. The number of aryl methyl sites for hydroxylation is 1. The summed E-state index contributed by atoms with van der Waals surface area (Å²) >= 11 is 0. The Morgan fingerprint density at radius 3 is 1.75 bits per heavy atom. The number of hydrogen-bond donors (Lipinski definition) is 7. The van der Waals surface area contributed by atoms with Gasteiger partial charge in [-0.1, -0.05) is 12.2 Å². The summed E-state index contributed by atoms with van der Waals surface area (Å²) in [6.45, 7) is 1.94. The second-order valence-corrected chi connectivity index (χ2v) is 9.77. The van der Waals surface area contributed by atoms with Crippen molar-refractivity contribution in [1.82, 2.24) is 0 Å². The molecule has 1 unspecified atom stereocenters. The third-order valence-corrected chi connectivity index (χ3v) is 6.11. The molecule has 2 aromatic carbocycles. The van der Waals surface area contributed by atoms with Crippen LogP contribution in [-0.2, 0) is 20.2 Å². The second-order valence-electron chi connectivity index (χ2n) is 6.74. The Morgan fingerprint density at radius 2 is 1.38 bits per heavy atom. The van der Waals surface area contributed by atoms with Gasteiger partial charge in [-0.15, -0.1) is 0 Å². The predicted molar refractivity (Wildman–Crippen MR) is 126 cm³/mol. The highest BCUT2D eigenvalue weighted by Crippen LogP contribution is 2.20. The van der Waals surface area contributed by atoms with E-state index in [9.17, 15) is 16.8 Å². The maximum absolute atomic E-state index is 10.6. The average molecular weight is 486 g/mol. The largest absolute Gasteiger partial charge is 0.399 e. The summed E-state index contributed by atoms with van der Waals surface area (Å²) in [7, 11) is -8.20. The molecule has 0 bridgehead atoms. The topological polar surface area (TPSA) is 239 Å². The zero-order valence-corrected chi connectivity index (χ0v) is 18.8. The highest BCUT2D eigenvalue weighted by Gasteiger charge is 2.20. The molecule has 0 radical (unpaired) electrons. The highest BCUT2D eigenvalue weighted by molar-refractivity contribution is 7.86. The number of anilines is 4. The van der Waals surface area contributed by atoms with Gasteiger partial charge in [-0.05, 0) is 61.4 Å². The molecule has 176 valence electrons. The Bertz CT molecular complexity index is 1220. The van der Waals surface area contributed by atoms with Gasteiger partial charge in [0.2, 0.25) is 0 Å². The van der Waals surface area contributed by atoms with Crippen molar-refractivity contribution in [3.05, 3.63) is 65.9 Å². The molecular formula is C19H27N5O6S2. The number of nitrogen functional groups attached to an aromatic ring is 4. The molecule has 0 spiro atoms. The van der Waals surface area contributed by atoms with Crippen LogP contribution >= 0.6 is 0 Å². The van der Waals surface area contributed by atoms with Crippen LogP contribution in [0, 0.1) is 6.92 Å². The van der Waals surface area contributed by atoms with Crippen molar-refractivity contribution in [3.8, 4) is 0 Å². The molecule has 0 heterocycles. The number of benzene rings is 2. The monoisotopic (exact) mass is 485 g/mol. The lowest BCUT2D eigenvalue weighted by atomic mass is 10.1. The van der Waals surface area contributed by atoms with E-state index in [2.05, 4.69) is 0 Å². The molecule has 0 fully saturated rings. The zero-order valence-electron chi connectivity index (χ0n) is 17.2. The molecule has 1 atom stereocenters. The Labute approximate surface area is 187 Å². The van der Waals surface area contributed by atoms with Gasteiger partial charge in [0.15, 0.2) is 0 Å². The summed E-state index contributed by atoms with van der Waals surface area (Å²) in [5.74, 6) is 0. The van der Waals surface area contributed by atoms with Crippen molar-refractivity contribution >= 4 is 43.0 Å². The van der Waals surface area contributed by atoms with Crippen LogP contribution in [0.1, 0.15) is 12.0 Å². The van der Waals surface area contributed by atoms with Crippen molar-refractivity contribution in [1.29, 1.82) is 0 Å². The zero-order chi connectivity index (χ0) is 24.7. The van der Waals surface area contributed by atoms with Crippen molar-refractivity contribution < 1.29 is 25.9 Å². The lowest BCUT2D eigenvalue weighted by Crippen LogP contribution is -2.19. The first kappa shape index (κ1) is 26.8. The lowest BCUT2D eigenvalue weighted by molar-refractivity contribution is 0.474. The van der Waals surface area contributed by atoms with E-state index in [4.69, 9.17) is 37.8 Å². The summed E-state index contributed by atoms with van der Waals surface area (Å²) in [6, 6.07) is 9.33. The minimum Gasteiger partial charge on any atom is -0.399 e. The second kappa shape index (κ2) is 10.9. The van der Waals surface area contributed by atoms with Crippen molar-refractivity contribution in [3.63, 3.8) is 0 Å². The molecule has 0 amide bonds. The van der Waals surface area contributed by atoms with Gasteiger partial charge in [0, 0.05) is 22.8 Å². The van der Waals surface area contributed by atoms with E-state index in [0.717, 1.165) is 23.0 Å². The normalized spacial score (nSPS) is 15.5. The predicted octanol–water partition coefficient (Wildman–Crippen LogP) is 1.30. The summed E-state index contributed by atoms with van der Waals surface area (Å²) in [5, 5.41) is -0.824. The molecule has 13 heteroatoms. The molecule has 3 rings (SSSR count). The summed E-state index contributed by atoms with van der Waals surface area (Å²) in [5.41, 5.74) is 30.3. The van der Waals surface area contributed by atoms with Gasteiger partial charge in [0.1, 0.15) is 10.1 Å². The quantitative estimate of drug-likeness (QED) is 0.236. The smallest absolute Gasteiger partial charge is 0.296 e. The van der Waals surface area contributed by atoms with Crippen LogP contribution in [0.25, 0.3) is 0 Å². The minimum absolute atomic E-state index is 0.0216. The maximum Gasteiger partial charge on any atom is 0.296 e. The van der Waals surface area contributed by atoms with Crippen molar-refractivity contribution in [2.24, 2.45) is 5.73 Å². The maximum atomic E-state index is 10.6. The number of rotatable bonds is 2. The average Bonchev–Trinajstić information content (AvgIpc) is 2.67. The summed E-state index contributed by atoms with van der Waals surface area (Å²) in [6.07, 6.45) is 4.67. The molecule has 0 aromatic heterocycles. The molecule has 1 aliphatic carbocycles. The van der Waals surface area contributed by atoms with Crippen molar-refractivity contribution in [2.45, 2.75) is 23.5 Å². The van der Waals surface area contributed by atoms with Crippen LogP contribution in [-0.4, -0.2) is 31.2 Å². The molecule has 12 N–H and O–H groups in total. The van der Waals surface area contributed by atoms with Gasteiger partial charge in [-0.3, -0.25) is 9.11 Å². The minimum atomic E-state index is -4.26. The lowest BCUT2D eigenvalue weighted by Gasteiger charge is -2.10. The van der Waals surface area contributed by atoms with Crippen molar-refractivity contribution in [2.75, 3.05) is 22.9 Å². The fourth-order valence-electron chi connectivity index (χ4n) is 2.31. The number of allylic oxidation sites excluding steroid dienone is 2. The van der Waals surface area contributed by atoms with Gasteiger partial charge in [0.25, 0.3) is 20.2 Å². The van der Waals surface area contributed by atoms with Gasteiger partial charge < -0.3 is 28.7 Å². The number of hydrogen-bond acceptors (Lipinski definition) is 9. The Morgan fingerprint density at radius 1 is 0.844 bits per heavy atom. The van der Waals surface area contributed by atoms with Gasteiger partial charge in [0.05, 0.1) is 5.69 Å². The molecule has 32 heavy (non-hydrogen) atoms. The van der Waals surface area contributed by atoms with Gasteiger partial charge >= 0.3 is 0 Å². The third kappa shape index (κ3) is 8.85. The van der Waals surface area contributed by atoms with Crippen LogP contribution in [0.5, 0.6) is 0 Å². The molecule has 0 aliphatic heterocycles. The van der Waals surface area contributed by atoms with E-state index in [1.807, 2.05) is 19.1 Å². The number of nitrogens with two attached hydrogens (primary N) is 5. The van der Waals surface area contributed by atoms with Gasteiger partial charge in [-0.2, -0.15) is 16.8 Å². The van der Waals surface area contributed by atoms with E-state index in [1.165, 1.54) is 24.3 Å². The molecule has 0 saturated carbocycles. The van der Waals surface area contributed by atoms with Crippen LogP contribution in [0.3, 0.4) is 0 Å². The van der Waals surface area contributed by atoms with E-state index in [0.29, 0.717) is 5.70 Å². The first-order chi connectivity index (χ1) is 14.6. The molecule has 11 nitrogen and oxygen atoms in total. The van der Waals surface area contributed by atoms with E-state index in [-0.39, 0.29) is 22.7 Å². The molecule has 0 saturated heterocycles. The van der Waals surface area contributed by atoms with Crippen LogP contribution in [0.4, 0.5) is 22.7 Å². The van der Waals surface area contributed by atoms with Crippen LogP contribution in [0.15, 0.2) is 65.2 Å². The fraction of sp³-hybridized carbons (Fsp3) is 0.158. The SMILES string of the molecule is Cc1cc(N)ccc1N.NC1=CCC(S(=O)(=O)O)C=C1.Nc1ccc(N)c(S(=O)(=O)O)c1. The standard InChI is InChI=1S/C7H10N2.C6H8N2O3S.C6H9NO3S/c1-5-4-6(8)2-3-7(5)9;7-4-1-2-5(8)6(3-4)12(9,10)11;7-5-1-3-6(4-2-5)11(8,9)10/h2-4H,8-9H2,1H3;1-3H,7-8H2,(H,9,10,11);1-3,6H,4,7H2,(H,8,9,10). The Balaban J connectivity index is 0.000000242. The molecule has 2 aromatic rings. The van der Waals surface area contributed by atoms with E-state index < -0.39 is 25.5 Å². The first-order valence-electron chi connectivity index (χ1n) is 8.95. The van der Waals surface area contributed by atoms with Gasteiger partial charge in [-0.25, -0.2) is 0 Å². The van der Waals surface area contributed by atoms with E-state index >= 15 is 0 Å².